The quantitative estimate of drug-likeness (QED) is 0.803. The first-order valence-electron chi connectivity index (χ1n) is 6.37. The lowest BCUT2D eigenvalue weighted by Crippen LogP contribution is -2.11. The summed E-state index contributed by atoms with van der Waals surface area (Å²) in [5, 5.41) is 6.01. The van der Waals surface area contributed by atoms with E-state index in [4.69, 9.17) is 11.6 Å². The molecule has 2 rings (SSSR count). The normalized spacial score (nSPS) is 10.1. The van der Waals surface area contributed by atoms with Crippen LogP contribution in [0.25, 0.3) is 0 Å². The Hall–Kier alpha value is -2.07. The van der Waals surface area contributed by atoms with Crippen molar-refractivity contribution >= 4 is 29.0 Å². The summed E-state index contributed by atoms with van der Waals surface area (Å²) in [7, 11) is 0. The number of carbonyl (C=O) groups excluding carboxylic acids is 1. The van der Waals surface area contributed by atoms with Gasteiger partial charge < -0.3 is 10.6 Å². The molecule has 20 heavy (non-hydrogen) atoms. The van der Waals surface area contributed by atoms with Gasteiger partial charge in [0.15, 0.2) is 0 Å². The summed E-state index contributed by atoms with van der Waals surface area (Å²) in [5.74, 6) is 1.10. The Kier molecular flexibility index (Phi) is 5.38. The molecule has 0 unspecified atom stereocenters. The second-order valence-corrected chi connectivity index (χ2v) is 4.63. The number of anilines is 2. The van der Waals surface area contributed by atoms with Crippen molar-refractivity contribution in [3.8, 4) is 0 Å². The molecule has 1 amide bonds. The Labute approximate surface area is 123 Å². The van der Waals surface area contributed by atoms with E-state index in [1.165, 1.54) is 0 Å². The van der Waals surface area contributed by atoms with Crippen molar-refractivity contribution in [2.45, 2.75) is 13.0 Å². The molecule has 0 fully saturated rings. The van der Waals surface area contributed by atoms with Crippen molar-refractivity contribution in [2.75, 3.05) is 16.5 Å². The van der Waals surface area contributed by atoms with Gasteiger partial charge in [0.05, 0.1) is 0 Å². The fraction of sp³-hybridized carbons (Fsp3) is 0.200. The van der Waals surface area contributed by atoms with Gasteiger partial charge in [0.2, 0.25) is 5.91 Å². The molecule has 5 heteroatoms. The number of rotatable bonds is 6. The zero-order valence-electron chi connectivity index (χ0n) is 11.0. The molecule has 2 aromatic rings. The van der Waals surface area contributed by atoms with Gasteiger partial charge >= 0.3 is 0 Å². The Balaban J connectivity index is 1.87. The SMILES string of the molecule is O=C(CCCl)Nc1ccc(CNc2ccccn2)cc1. The van der Waals surface area contributed by atoms with E-state index in [2.05, 4.69) is 15.6 Å². The third kappa shape index (κ3) is 4.55. The van der Waals surface area contributed by atoms with Gasteiger partial charge in [0, 0.05) is 30.7 Å². The van der Waals surface area contributed by atoms with E-state index in [9.17, 15) is 4.79 Å². The van der Waals surface area contributed by atoms with Gasteiger partial charge in [-0.15, -0.1) is 11.6 Å². The number of carbonyl (C=O) groups is 1. The Morgan fingerprint density at radius 2 is 1.95 bits per heavy atom. The number of pyridine rings is 1. The zero-order valence-corrected chi connectivity index (χ0v) is 11.7. The number of nitrogens with zero attached hydrogens (tertiary/aromatic N) is 1. The van der Waals surface area contributed by atoms with Crippen molar-refractivity contribution < 1.29 is 4.79 Å². The number of benzene rings is 1. The summed E-state index contributed by atoms with van der Waals surface area (Å²) in [4.78, 5) is 15.6. The van der Waals surface area contributed by atoms with E-state index >= 15 is 0 Å². The maximum atomic E-state index is 11.4. The molecule has 104 valence electrons. The lowest BCUT2D eigenvalue weighted by molar-refractivity contribution is -0.115. The first-order valence-corrected chi connectivity index (χ1v) is 6.91. The van der Waals surface area contributed by atoms with Crippen LogP contribution in [0, 0.1) is 0 Å². The van der Waals surface area contributed by atoms with Gasteiger partial charge in [0.1, 0.15) is 5.82 Å². The van der Waals surface area contributed by atoms with Crippen LogP contribution < -0.4 is 10.6 Å². The molecule has 2 N–H and O–H groups in total. The van der Waals surface area contributed by atoms with Crippen molar-refractivity contribution in [2.24, 2.45) is 0 Å². The van der Waals surface area contributed by atoms with Crippen molar-refractivity contribution in [1.29, 1.82) is 0 Å². The summed E-state index contributed by atoms with van der Waals surface area (Å²) >= 11 is 5.51. The number of aromatic nitrogens is 1. The van der Waals surface area contributed by atoms with Gasteiger partial charge in [-0.25, -0.2) is 4.98 Å². The van der Waals surface area contributed by atoms with Crippen LogP contribution in [0.4, 0.5) is 11.5 Å². The standard InChI is InChI=1S/C15H16ClN3O/c16-9-8-15(20)19-13-6-4-12(5-7-13)11-18-14-3-1-2-10-17-14/h1-7,10H,8-9,11H2,(H,17,18)(H,19,20). The predicted molar refractivity (Wildman–Crippen MR) is 82.0 cm³/mol. The van der Waals surface area contributed by atoms with Crippen molar-refractivity contribution in [1.82, 2.24) is 4.98 Å². The van der Waals surface area contributed by atoms with E-state index in [-0.39, 0.29) is 5.91 Å². The Morgan fingerprint density at radius 3 is 2.60 bits per heavy atom. The molecule has 0 saturated carbocycles. The molecular formula is C15H16ClN3O. The highest BCUT2D eigenvalue weighted by atomic mass is 35.5. The maximum absolute atomic E-state index is 11.4. The third-order valence-electron chi connectivity index (χ3n) is 2.70. The molecule has 0 saturated heterocycles. The molecule has 0 spiro atoms. The third-order valence-corrected chi connectivity index (χ3v) is 2.89. The van der Waals surface area contributed by atoms with Crippen LogP contribution in [0.15, 0.2) is 48.7 Å². The highest BCUT2D eigenvalue weighted by Crippen LogP contribution is 2.11. The molecule has 0 aliphatic rings. The van der Waals surface area contributed by atoms with Crippen LogP contribution in [-0.2, 0) is 11.3 Å². The van der Waals surface area contributed by atoms with Gasteiger partial charge in [-0.1, -0.05) is 18.2 Å². The fourth-order valence-electron chi connectivity index (χ4n) is 1.68. The van der Waals surface area contributed by atoms with E-state index in [0.717, 1.165) is 17.1 Å². The monoisotopic (exact) mass is 289 g/mol. The van der Waals surface area contributed by atoms with Crippen LogP contribution in [-0.4, -0.2) is 16.8 Å². The first-order chi connectivity index (χ1) is 9.78. The fourth-order valence-corrected chi connectivity index (χ4v) is 1.85. The molecule has 0 aliphatic heterocycles. The molecule has 0 atom stereocenters. The number of hydrogen-bond donors (Lipinski definition) is 2. The number of alkyl halides is 1. The van der Waals surface area contributed by atoms with Crippen LogP contribution in [0.1, 0.15) is 12.0 Å². The average molecular weight is 290 g/mol. The molecular weight excluding hydrogens is 274 g/mol. The van der Waals surface area contributed by atoms with Crippen LogP contribution in [0.2, 0.25) is 0 Å². The molecule has 4 nitrogen and oxygen atoms in total. The Bertz CT molecular complexity index is 543. The van der Waals surface area contributed by atoms with Gasteiger partial charge in [-0.3, -0.25) is 4.79 Å². The minimum absolute atomic E-state index is 0.0700. The van der Waals surface area contributed by atoms with E-state index in [0.29, 0.717) is 18.8 Å². The number of hydrogen-bond acceptors (Lipinski definition) is 3. The summed E-state index contributed by atoms with van der Waals surface area (Å²) in [6, 6.07) is 13.4. The van der Waals surface area contributed by atoms with Crippen molar-refractivity contribution in [3.63, 3.8) is 0 Å². The molecule has 1 heterocycles. The van der Waals surface area contributed by atoms with Gasteiger partial charge in [-0.05, 0) is 29.8 Å². The topological polar surface area (TPSA) is 54.0 Å². The summed E-state index contributed by atoms with van der Waals surface area (Å²) in [5.41, 5.74) is 1.90. The van der Waals surface area contributed by atoms with Gasteiger partial charge in [-0.2, -0.15) is 0 Å². The Morgan fingerprint density at radius 1 is 1.15 bits per heavy atom. The lowest BCUT2D eigenvalue weighted by atomic mass is 10.2. The summed E-state index contributed by atoms with van der Waals surface area (Å²) in [6.07, 6.45) is 2.07. The molecule has 1 aromatic heterocycles. The molecule has 0 radical (unpaired) electrons. The summed E-state index contributed by atoms with van der Waals surface area (Å²) in [6.45, 7) is 0.687. The summed E-state index contributed by atoms with van der Waals surface area (Å²) < 4.78 is 0. The smallest absolute Gasteiger partial charge is 0.225 e. The number of nitrogens with one attached hydrogen (secondary N) is 2. The zero-order chi connectivity index (χ0) is 14.2. The minimum Gasteiger partial charge on any atom is -0.366 e. The van der Waals surface area contributed by atoms with Crippen molar-refractivity contribution in [3.05, 3.63) is 54.2 Å². The maximum Gasteiger partial charge on any atom is 0.225 e. The van der Waals surface area contributed by atoms with E-state index < -0.39 is 0 Å². The molecule has 1 aromatic carbocycles. The average Bonchev–Trinajstić information content (AvgIpc) is 2.48. The van der Waals surface area contributed by atoms with Gasteiger partial charge in [0.25, 0.3) is 0 Å². The first kappa shape index (κ1) is 14.3. The van der Waals surface area contributed by atoms with Crippen LogP contribution in [0.3, 0.4) is 0 Å². The second-order valence-electron chi connectivity index (χ2n) is 4.25. The highest BCUT2D eigenvalue weighted by Gasteiger charge is 2.01. The lowest BCUT2D eigenvalue weighted by Gasteiger charge is -2.07. The van der Waals surface area contributed by atoms with Crippen LogP contribution in [0.5, 0.6) is 0 Å². The largest absolute Gasteiger partial charge is 0.366 e. The molecule has 0 aliphatic carbocycles. The van der Waals surface area contributed by atoms with E-state index in [1.54, 1.807) is 6.20 Å². The minimum atomic E-state index is -0.0700. The number of halogens is 1. The van der Waals surface area contributed by atoms with Crippen LogP contribution >= 0.6 is 11.6 Å². The second kappa shape index (κ2) is 7.50. The molecule has 0 bridgehead atoms. The number of amides is 1. The van der Waals surface area contributed by atoms with E-state index in [1.807, 2.05) is 42.5 Å². The predicted octanol–water partition coefficient (Wildman–Crippen LogP) is 3.26. The highest BCUT2D eigenvalue weighted by molar-refractivity contribution is 6.19.